The Morgan fingerprint density at radius 1 is 1.04 bits per heavy atom. The van der Waals surface area contributed by atoms with Crippen molar-refractivity contribution in [2.45, 2.75) is 6.42 Å². The van der Waals surface area contributed by atoms with E-state index in [9.17, 15) is 4.79 Å². The molecule has 6 heteroatoms. The number of carbonyl (C=O) groups is 1. The van der Waals surface area contributed by atoms with Gasteiger partial charge in [0.2, 0.25) is 5.91 Å². The van der Waals surface area contributed by atoms with Crippen molar-refractivity contribution >= 4 is 34.7 Å². The molecule has 28 heavy (non-hydrogen) atoms. The SMILES string of the molecule is O=C(Cc1csc(-c2cccs2)n1)N1CCN(C/C=C/c2ccccc2)CC1. The molecule has 3 heterocycles. The first-order chi connectivity index (χ1) is 13.8. The van der Waals surface area contributed by atoms with E-state index in [1.54, 1.807) is 22.7 Å². The maximum atomic E-state index is 12.6. The van der Waals surface area contributed by atoms with Crippen molar-refractivity contribution in [2.75, 3.05) is 32.7 Å². The summed E-state index contributed by atoms with van der Waals surface area (Å²) in [6.07, 6.45) is 4.76. The summed E-state index contributed by atoms with van der Waals surface area (Å²) >= 11 is 3.30. The first-order valence-corrected chi connectivity index (χ1v) is 11.2. The maximum absolute atomic E-state index is 12.6. The first-order valence-electron chi connectivity index (χ1n) is 9.48. The van der Waals surface area contributed by atoms with E-state index in [1.807, 2.05) is 22.4 Å². The largest absolute Gasteiger partial charge is 0.340 e. The zero-order valence-corrected chi connectivity index (χ0v) is 17.3. The van der Waals surface area contributed by atoms with E-state index in [1.165, 1.54) is 10.4 Å². The van der Waals surface area contributed by atoms with Gasteiger partial charge in [0.1, 0.15) is 5.01 Å². The predicted molar refractivity (Wildman–Crippen MR) is 118 cm³/mol. The van der Waals surface area contributed by atoms with E-state index in [-0.39, 0.29) is 5.91 Å². The van der Waals surface area contributed by atoms with Gasteiger partial charge in [0, 0.05) is 38.1 Å². The van der Waals surface area contributed by atoms with E-state index >= 15 is 0 Å². The average Bonchev–Trinajstić information content (AvgIpc) is 3.41. The summed E-state index contributed by atoms with van der Waals surface area (Å²) in [4.78, 5) is 22.8. The highest BCUT2D eigenvalue weighted by atomic mass is 32.1. The van der Waals surface area contributed by atoms with Crippen LogP contribution in [0.15, 0.2) is 59.3 Å². The van der Waals surface area contributed by atoms with Crippen LogP contribution in [0.1, 0.15) is 11.3 Å². The normalized spacial score (nSPS) is 15.4. The quantitative estimate of drug-likeness (QED) is 0.610. The third kappa shape index (κ3) is 4.95. The predicted octanol–water partition coefficient (Wildman–Crippen LogP) is 4.27. The van der Waals surface area contributed by atoms with Gasteiger partial charge < -0.3 is 4.90 Å². The lowest BCUT2D eigenvalue weighted by Crippen LogP contribution is -2.49. The molecule has 0 unspecified atom stereocenters. The van der Waals surface area contributed by atoms with Crippen LogP contribution in [0.3, 0.4) is 0 Å². The van der Waals surface area contributed by atoms with Crippen molar-refractivity contribution in [2.24, 2.45) is 0 Å². The minimum atomic E-state index is 0.183. The average molecular weight is 410 g/mol. The second kappa shape index (κ2) is 9.28. The molecule has 3 aromatic rings. The molecular weight excluding hydrogens is 386 g/mol. The maximum Gasteiger partial charge on any atom is 0.228 e. The number of hydrogen-bond acceptors (Lipinski definition) is 5. The Labute approximate surface area is 173 Å². The number of amides is 1. The van der Waals surface area contributed by atoms with Crippen LogP contribution in [0.5, 0.6) is 0 Å². The second-order valence-corrected chi connectivity index (χ2v) is 8.60. The Bertz CT molecular complexity index is 910. The highest BCUT2D eigenvalue weighted by molar-refractivity contribution is 7.20. The van der Waals surface area contributed by atoms with Crippen molar-refractivity contribution in [1.82, 2.24) is 14.8 Å². The lowest BCUT2D eigenvalue weighted by Gasteiger charge is -2.34. The number of aromatic nitrogens is 1. The van der Waals surface area contributed by atoms with Crippen LogP contribution in [0.25, 0.3) is 16.0 Å². The monoisotopic (exact) mass is 409 g/mol. The summed E-state index contributed by atoms with van der Waals surface area (Å²) in [6.45, 7) is 4.35. The minimum Gasteiger partial charge on any atom is -0.340 e. The lowest BCUT2D eigenvalue weighted by atomic mass is 10.2. The molecule has 0 N–H and O–H groups in total. The van der Waals surface area contributed by atoms with E-state index in [2.05, 4.69) is 57.7 Å². The number of thiophene rings is 1. The van der Waals surface area contributed by atoms with Gasteiger partial charge in [0.15, 0.2) is 0 Å². The van der Waals surface area contributed by atoms with Crippen molar-refractivity contribution in [1.29, 1.82) is 0 Å². The highest BCUT2D eigenvalue weighted by Gasteiger charge is 2.21. The van der Waals surface area contributed by atoms with Crippen molar-refractivity contribution in [3.05, 3.63) is 70.6 Å². The second-order valence-electron chi connectivity index (χ2n) is 6.79. The van der Waals surface area contributed by atoms with Gasteiger partial charge in [-0.15, -0.1) is 22.7 Å². The van der Waals surface area contributed by atoms with Crippen molar-refractivity contribution in [3.8, 4) is 9.88 Å². The van der Waals surface area contributed by atoms with Gasteiger partial charge in [-0.1, -0.05) is 48.6 Å². The standard InChI is InChI=1S/C22H23N3OS2/c26-21(16-19-17-28-22(23-19)20-9-5-15-27-20)25-13-11-24(12-14-25)10-4-8-18-6-2-1-3-7-18/h1-9,15,17H,10-14,16H2/b8-4+. The Morgan fingerprint density at radius 3 is 2.61 bits per heavy atom. The molecule has 0 bridgehead atoms. The third-order valence-corrected chi connectivity index (χ3v) is 6.74. The number of piperazine rings is 1. The van der Waals surface area contributed by atoms with E-state index < -0.39 is 0 Å². The zero-order valence-electron chi connectivity index (χ0n) is 15.7. The van der Waals surface area contributed by atoms with Gasteiger partial charge in [-0.2, -0.15) is 0 Å². The zero-order chi connectivity index (χ0) is 19.2. The molecule has 1 aliphatic heterocycles. The molecule has 144 valence electrons. The number of carbonyl (C=O) groups excluding carboxylic acids is 1. The first kappa shape index (κ1) is 19.1. The van der Waals surface area contributed by atoms with Crippen LogP contribution in [0, 0.1) is 0 Å². The topological polar surface area (TPSA) is 36.4 Å². The molecule has 0 spiro atoms. The number of hydrogen-bond donors (Lipinski definition) is 0. The van der Waals surface area contributed by atoms with Crippen molar-refractivity contribution in [3.63, 3.8) is 0 Å². The molecule has 0 aliphatic carbocycles. The Kier molecular flexibility index (Phi) is 6.31. The highest BCUT2D eigenvalue weighted by Crippen LogP contribution is 2.28. The van der Waals surface area contributed by atoms with Gasteiger partial charge in [0.25, 0.3) is 0 Å². The molecule has 1 aliphatic rings. The van der Waals surface area contributed by atoms with E-state index in [0.29, 0.717) is 6.42 Å². The van der Waals surface area contributed by atoms with Crippen LogP contribution < -0.4 is 0 Å². The molecular formula is C22H23N3OS2. The Hall–Kier alpha value is -2.28. The fourth-order valence-corrected chi connectivity index (χ4v) is 4.88. The summed E-state index contributed by atoms with van der Waals surface area (Å²) in [6, 6.07) is 14.4. The summed E-state index contributed by atoms with van der Waals surface area (Å²) in [5.74, 6) is 0.183. The van der Waals surface area contributed by atoms with Crippen LogP contribution >= 0.6 is 22.7 Å². The molecule has 1 fully saturated rings. The summed E-state index contributed by atoms with van der Waals surface area (Å²) in [5, 5.41) is 5.07. The molecule has 1 saturated heterocycles. The summed E-state index contributed by atoms with van der Waals surface area (Å²) < 4.78 is 0. The minimum absolute atomic E-state index is 0.183. The number of rotatable bonds is 6. The Morgan fingerprint density at radius 2 is 1.86 bits per heavy atom. The fraction of sp³-hybridized carbons (Fsp3) is 0.273. The molecule has 1 amide bonds. The van der Waals surface area contributed by atoms with E-state index in [0.717, 1.165) is 43.4 Å². The van der Waals surface area contributed by atoms with Gasteiger partial charge in [-0.25, -0.2) is 4.98 Å². The Balaban J connectivity index is 1.23. The lowest BCUT2D eigenvalue weighted by molar-refractivity contribution is -0.132. The molecule has 0 saturated carbocycles. The summed E-state index contributed by atoms with van der Waals surface area (Å²) in [5.41, 5.74) is 2.10. The molecule has 4 nitrogen and oxygen atoms in total. The van der Waals surface area contributed by atoms with Crippen molar-refractivity contribution < 1.29 is 4.79 Å². The number of nitrogens with zero attached hydrogens (tertiary/aromatic N) is 3. The molecule has 0 radical (unpaired) electrons. The van der Waals surface area contributed by atoms with Crippen LogP contribution in [0.4, 0.5) is 0 Å². The molecule has 1 aromatic carbocycles. The third-order valence-electron chi connectivity index (χ3n) is 4.81. The van der Waals surface area contributed by atoms with Crippen LogP contribution in [-0.2, 0) is 11.2 Å². The number of thiazole rings is 1. The molecule has 0 atom stereocenters. The van der Waals surface area contributed by atoms with Gasteiger partial charge in [0.05, 0.1) is 17.0 Å². The van der Waals surface area contributed by atoms with E-state index in [4.69, 9.17) is 0 Å². The van der Waals surface area contributed by atoms with Gasteiger partial charge in [-0.05, 0) is 17.0 Å². The van der Waals surface area contributed by atoms with Crippen LogP contribution in [0.2, 0.25) is 0 Å². The number of benzene rings is 1. The van der Waals surface area contributed by atoms with Gasteiger partial charge in [-0.3, -0.25) is 9.69 Å². The molecule has 4 rings (SSSR count). The van der Waals surface area contributed by atoms with Crippen LogP contribution in [-0.4, -0.2) is 53.4 Å². The summed E-state index contributed by atoms with van der Waals surface area (Å²) in [7, 11) is 0. The van der Waals surface area contributed by atoms with Gasteiger partial charge >= 0.3 is 0 Å². The fourth-order valence-electron chi connectivity index (χ4n) is 3.25. The molecule has 2 aromatic heterocycles. The smallest absolute Gasteiger partial charge is 0.228 e.